The fraction of sp³-hybridized carbons (Fsp3) is 0.308. The summed E-state index contributed by atoms with van der Waals surface area (Å²) in [6.07, 6.45) is 0.224. The van der Waals surface area contributed by atoms with E-state index in [4.69, 9.17) is 4.74 Å². The largest absolute Gasteiger partial charge is 0.496 e. The second kappa shape index (κ2) is 5.09. The van der Waals surface area contributed by atoms with Crippen molar-refractivity contribution in [3.05, 3.63) is 29.3 Å². The van der Waals surface area contributed by atoms with Crippen LogP contribution in [0.3, 0.4) is 0 Å². The molecular formula is C13H14N2O4. The summed E-state index contributed by atoms with van der Waals surface area (Å²) in [4.78, 5) is 34.2. The number of benzene rings is 1. The Hall–Kier alpha value is -2.37. The number of barbiturate groups is 1. The minimum Gasteiger partial charge on any atom is -0.496 e. The van der Waals surface area contributed by atoms with Gasteiger partial charge >= 0.3 is 6.03 Å². The smallest absolute Gasteiger partial charge is 0.328 e. The van der Waals surface area contributed by atoms with Gasteiger partial charge in [0, 0.05) is 0 Å². The summed E-state index contributed by atoms with van der Waals surface area (Å²) in [6, 6.07) is 4.70. The average Bonchev–Trinajstić information content (AvgIpc) is 2.35. The van der Waals surface area contributed by atoms with E-state index >= 15 is 0 Å². The first-order valence-electron chi connectivity index (χ1n) is 5.80. The number of hydrogen-bond donors (Lipinski definition) is 2. The van der Waals surface area contributed by atoms with Crippen molar-refractivity contribution in [2.75, 3.05) is 7.11 Å². The molecule has 0 atom stereocenters. The van der Waals surface area contributed by atoms with Gasteiger partial charge < -0.3 is 4.74 Å². The highest BCUT2D eigenvalue weighted by Gasteiger charge is 2.34. The molecule has 1 saturated heterocycles. The molecule has 0 spiro atoms. The zero-order chi connectivity index (χ0) is 14.0. The van der Waals surface area contributed by atoms with E-state index in [-0.39, 0.29) is 6.42 Å². The van der Waals surface area contributed by atoms with Crippen molar-refractivity contribution in [1.82, 2.24) is 10.6 Å². The number of aryl methyl sites for hydroxylation is 1. The highest BCUT2D eigenvalue weighted by molar-refractivity contribution is 6.16. The molecule has 1 aliphatic heterocycles. The first-order valence-corrected chi connectivity index (χ1v) is 5.80. The van der Waals surface area contributed by atoms with Gasteiger partial charge in [0.1, 0.15) is 11.7 Å². The van der Waals surface area contributed by atoms with Gasteiger partial charge in [0.2, 0.25) is 11.8 Å². The minimum atomic E-state index is -0.898. The van der Waals surface area contributed by atoms with Gasteiger partial charge in [-0.3, -0.25) is 20.2 Å². The maximum Gasteiger partial charge on any atom is 0.328 e. The molecule has 6 nitrogen and oxygen atoms in total. The van der Waals surface area contributed by atoms with Crippen LogP contribution < -0.4 is 15.4 Å². The first-order chi connectivity index (χ1) is 9.01. The second-order valence-corrected chi connectivity index (χ2v) is 4.37. The number of carbonyl (C=O) groups is 3. The fourth-order valence-corrected chi connectivity index (χ4v) is 1.96. The zero-order valence-electron chi connectivity index (χ0n) is 10.6. The highest BCUT2D eigenvalue weighted by Crippen LogP contribution is 2.21. The summed E-state index contributed by atoms with van der Waals surface area (Å²) in [5, 5.41) is 4.16. The average molecular weight is 262 g/mol. The Morgan fingerprint density at radius 2 is 1.79 bits per heavy atom. The third-order valence-corrected chi connectivity index (χ3v) is 3.02. The number of rotatable bonds is 3. The number of carbonyl (C=O) groups excluding carboxylic acids is 3. The number of hydrogen-bond acceptors (Lipinski definition) is 4. The summed E-state index contributed by atoms with van der Waals surface area (Å²) >= 11 is 0. The van der Waals surface area contributed by atoms with Gasteiger partial charge in [-0.15, -0.1) is 0 Å². The van der Waals surface area contributed by atoms with Crippen LogP contribution in [0.1, 0.15) is 11.1 Å². The number of amides is 4. The molecule has 2 N–H and O–H groups in total. The Bertz CT molecular complexity index is 534. The molecule has 1 aromatic carbocycles. The zero-order valence-corrected chi connectivity index (χ0v) is 10.6. The minimum absolute atomic E-state index is 0.224. The molecule has 1 aromatic rings. The molecule has 4 amide bonds. The van der Waals surface area contributed by atoms with Gasteiger partial charge in [0.25, 0.3) is 0 Å². The van der Waals surface area contributed by atoms with Gasteiger partial charge in [-0.2, -0.15) is 0 Å². The monoisotopic (exact) mass is 262 g/mol. The van der Waals surface area contributed by atoms with Crippen LogP contribution >= 0.6 is 0 Å². The van der Waals surface area contributed by atoms with Crippen LogP contribution in [-0.4, -0.2) is 25.0 Å². The SMILES string of the molecule is COc1cc(CC2C(=O)NC(=O)NC2=O)ccc1C. The summed E-state index contributed by atoms with van der Waals surface area (Å²) < 4.78 is 5.19. The molecule has 1 heterocycles. The van der Waals surface area contributed by atoms with Crippen molar-refractivity contribution in [3.8, 4) is 5.75 Å². The Morgan fingerprint density at radius 1 is 1.16 bits per heavy atom. The van der Waals surface area contributed by atoms with E-state index in [0.717, 1.165) is 11.1 Å². The Labute approximate surface area is 110 Å². The van der Waals surface area contributed by atoms with E-state index in [1.165, 1.54) is 0 Å². The van der Waals surface area contributed by atoms with E-state index in [0.29, 0.717) is 5.75 Å². The lowest BCUT2D eigenvalue weighted by Gasteiger charge is -2.20. The molecule has 0 radical (unpaired) electrons. The molecule has 0 saturated carbocycles. The van der Waals surface area contributed by atoms with Crippen LogP contribution in [0.5, 0.6) is 5.75 Å². The number of urea groups is 1. The van der Waals surface area contributed by atoms with Gasteiger partial charge in [-0.25, -0.2) is 4.79 Å². The van der Waals surface area contributed by atoms with Gasteiger partial charge in [-0.1, -0.05) is 12.1 Å². The van der Waals surface area contributed by atoms with Crippen LogP contribution in [0.2, 0.25) is 0 Å². The predicted octanol–water partition coefficient (Wildman–Crippen LogP) is 0.528. The van der Waals surface area contributed by atoms with Crippen LogP contribution in [0, 0.1) is 12.8 Å². The van der Waals surface area contributed by atoms with Crippen molar-refractivity contribution in [3.63, 3.8) is 0 Å². The van der Waals surface area contributed by atoms with E-state index in [9.17, 15) is 14.4 Å². The molecular weight excluding hydrogens is 248 g/mol. The number of nitrogens with one attached hydrogen (secondary N) is 2. The van der Waals surface area contributed by atoms with E-state index in [2.05, 4.69) is 10.6 Å². The van der Waals surface area contributed by atoms with Gasteiger partial charge in [0.15, 0.2) is 0 Å². The molecule has 6 heteroatoms. The number of imide groups is 2. The maximum atomic E-state index is 11.6. The lowest BCUT2D eigenvalue weighted by atomic mass is 9.95. The van der Waals surface area contributed by atoms with Crippen LogP contribution in [0.25, 0.3) is 0 Å². The van der Waals surface area contributed by atoms with Crippen molar-refractivity contribution in [2.45, 2.75) is 13.3 Å². The number of ether oxygens (including phenoxy) is 1. The molecule has 0 aliphatic carbocycles. The Morgan fingerprint density at radius 3 is 2.37 bits per heavy atom. The summed E-state index contributed by atoms with van der Waals surface area (Å²) in [5.74, 6) is -1.35. The lowest BCUT2D eigenvalue weighted by molar-refractivity contribution is -0.135. The standard InChI is InChI=1S/C13H14N2O4/c1-7-3-4-8(6-10(7)19-2)5-9-11(16)14-13(18)15-12(9)17/h3-4,6,9H,5H2,1-2H3,(H2,14,15,16,17,18). The normalized spacial score (nSPS) is 16.0. The van der Waals surface area contributed by atoms with Gasteiger partial charge in [0.05, 0.1) is 7.11 Å². The van der Waals surface area contributed by atoms with E-state index in [1.54, 1.807) is 13.2 Å². The van der Waals surface area contributed by atoms with E-state index in [1.807, 2.05) is 19.1 Å². The molecule has 2 rings (SSSR count). The Balaban J connectivity index is 2.18. The molecule has 1 aliphatic rings. The highest BCUT2D eigenvalue weighted by atomic mass is 16.5. The summed E-state index contributed by atoms with van der Waals surface area (Å²) in [7, 11) is 1.56. The first kappa shape index (κ1) is 13.1. The third-order valence-electron chi connectivity index (χ3n) is 3.02. The van der Waals surface area contributed by atoms with Crippen LogP contribution in [0.4, 0.5) is 4.79 Å². The molecule has 19 heavy (non-hydrogen) atoms. The van der Waals surface area contributed by atoms with Crippen molar-refractivity contribution < 1.29 is 19.1 Å². The van der Waals surface area contributed by atoms with Crippen LogP contribution in [0.15, 0.2) is 18.2 Å². The van der Waals surface area contributed by atoms with Crippen molar-refractivity contribution >= 4 is 17.8 Å². The topological polar surface area (TPSA) is 84.5 Å². The quantitative estimate of drug-likeness (QED) is 0.778. The third kappa shape index (κ3) is 2.73. The van der Waals surface area contributed by atoms with E-state index < -0.39 is 23.8 Å². The molecule has 0 aromatic heterocycles. The molecule has 0 unspecified atom stereocenters. The maximum absolute atomic E-state index is 11.6. The van der Waals surface area contributed by atoms with Crippen molar-refractivity contribution in [2.24, 2.45) is 5.92 Å². The fourth-order valence-electron chi connectivity index (χ4n) is 1.96. The van der Waals surface area contributed by atoms with Gasteiger partial charge in [-0.05, 0) is 30.5 Å². The van der Waals surface area contributed by atoms with Crippen LogP contribution in [-0.2, 0) is 16.0 Å². The lowest BCUT2D eigenvalue weighted by Crippen LogP contribution is -2.56. The number of methoxy groups -OCH3 is 1. The summed E-state index contributed by atoms with van der Waals surface area (Å²) in [6.45, 7) is 1.90. The second-order valence-electron chi connectivity index (χ2n) is 4.37. The Kier molecular flexibility index (Phi) is 3.50. The predicted molar refractivity (Wildman–Crippen MR) is 66.6 cm³/mol. The molecule has 0 bridgehead atoms. The van der Waals surface area contributed by atoms with Crippen molar-refractivity contribution in [1.29, 1.82) is 0 Å². The summed E-state index contributed by atoms with van der Waals surface area (Å²) in [5.41, 5.74) is 1.77. The molecule has 1 fully saturated rings. The molecule has 100 valence electrons.